The first kappa shape index (κ1) is 23.4. The second-order valence-corrected chi connectivity index (χ2v) is 7.65. The molecule has 2 aromatic carbocycles. The van der Waals surface area contributed by atoms with Crippen LogP contribution in [0, 0.1) is 17.5 Å². The number of unbranched alkanes of at least 4 members (excludes halogenated alkanes) is 1. The van der Waals surface area contributed by atoms with E-state index in [0.717, 1.165) is 19.3 Å². The number of hydrogen-bond donors (Lipinski definition) is 0. The van der Waals surface area contributed by atoms with Crippen LogP contribution < -0.4 is 4.74 Å². The molecular weight excluding hydrogens is 405 g/mol. The summed E-state index contributed by atoms with van der Waals surface area (Å²) in [6, 6.07) is 7.18. The smallest absolute Gasteiger partial charge is 0.201 e. The molecule has 2 aromatic rings. The third-order valence-electron chi connectivity index (χ3n) is 5.30. The molecule has 1 aliphatic rings. The van der Waals surface area contributed by atoms with Gasteiger partial charge >= 0.3 is 0 Å². The van der Waals surface area contributed by atoms with Crippen LogP contribution in [0.5, 0.6) is 5.75 Å². The van der Waals surface area contributed by atoms with E-state index in [2.05, 4.69) is 13.5 Å². The second-order valence-electron chi connectivity index (χ2n) is 7.65. The van der Waals surface area contributed by atoms with Crippen LogP contribution in [-0.4, -0.2) is 25.9 Å². The molecule has 0 spiro atoms. The molecule has 31 heavy (non-hydrogen) atoms. The van der Waals surface area contributed by atoms with Crippen molar-refractivity contribution < 1.29 is 27.4 Å². The van der Waals surface area contributed by atoms with Crippen molar-refractivity contribution in [2.45, 2.75) is 51.2 Å². The number of rotatable bonds is 10. The van der Waals surface area contributed by atoms with Gasteiger partial charge in [-0.3, -0.25) is 0 Å². The van der Waals surface area contributed by atoms with Gasteiger partial charge in [-0.2, -0.15) is 4.39 Å². The lowest BCUT2D eigenvalue weighted by atomic mass is 9.96. The largest absolute Gasteiger partial charge is 0.490 e. The zero-order valence-corrected chi connectivity index (χ0v) is 17.8. The van der Waals surface area contributed by atoms with Crippen LogP contribution in [0.1, 0.15) is 50.7 Å². The van der Waals surface area contributed by atoms with Gasteiger partial charge in [0.2, 0.25) is 5.82 Å². The molecule has 0 aromatic heterocycles. The number of halogens is 3. The first-order valence-electron chi connectivity index (χ1n) is 10.8. The summed E-state index contributed by atoms with van der Waals surface area (Å²) < 4.78 is 60.7. The van der Waals surface area contributed by atoms with Gasteiger partial charge in [0, 0.05) is 17.7 Å². The van der Waals surface area contributed by atoms with Crippen LogP contribution in [0.15, 0.2) is 43.0 Å². The summed E-state index contributed by atoms with van der Waals surface area (Å²) >= 11 is 0. The normalized spacial score (nSPS) is 18.7. The third-order valence-corrected chi connectivity index (χ3v) is 5.30. The van der Waals surface area contributed by atoms with E-state index in [-0.39, 0.29) is 35.7 Å². The predicted molar refractivity (Wildman–Crippen MR) is 115 cm³/mol. The maximum Gasteiger partial charge on any atom is 0.201 e. The molecule has 6 heteroatoms. The van der Waals surface area contributed by atoms with Crippen LogP contribution in [0.3, 0.4) is 0 Å². The summed E-state index contributed by atoms with van der Waals surface area (Å²) in [5, 5.41) is 0. The lowest BCUT2D eigenvalue weighted by Crippen LogP contribution is -2.27. The Hall–Kier alpha value is -2.31. The van der Waals surface area contributed by atoms with E-state index in [9.17, 15) is 13.2 Å². The number of hydrogen-bond acceptors (Lipinski definition) is 3. The lowest BCUT2D eigenvalue weighted by molar-refractivity contribution is -0.0866. The molecule has 0 aliphatic carbocycles. The molecule has 2 atom stereocenters. The zero-order valence-electron chi connectivity index (χ0n) is 17.8. The van der Waals surface area contributed by atoms with Crippen molar-refractivity contribution in [3.05, 3.63) is 66.0 Å². The van der Waals surface area contributed by atoms with E-state index < -0.39 is 17.5 Å². The first-order valence-corrected chi connectivity index (χ1v) is 10.8. The summed E-state index contributed by atoms with van der Waals surface area (Å²) in [7, 11) is 0. The standard InChI is InChI=1S/C25H29F3O3/c1-3-5-6-14-30-23-12-10-20(24(27)25(23)28)19-9-7-17(15-21(19)26)22-11-8-18(16-31-22)29-13-4-2/h3,7,9-10,12,15,18,22H,1,4-6,8,11,13-14,16H2,2H3. The Kier molecular flexibility index (Phi) is 8.55. The minimum Gasteiger partial charge on any atom is -0.490 e. The van der Waals surface area contributed by atoms with Crippen LogP contribution in [0.2, 0.25) is 0 Å². The quantitative estimate of drug-likeness (QED) is 0.305. The molecule has 0 amide bonds. The van der Waals surface area contributed by atoms with Crippen LogP contribution >= 0.6 is 0 Å². The highest BCUT2D eigenvalue weighted by Gasteiger charge is 2.25. The summed E-state index contributed by atoms with van der Waals surface area (Å²) in [5.74, 6) is -3.05. The fourth-order valence-corrected chi connectivity index (χ4v) is 3.62. The molecular formula is C25H29F3O3. The van der Waals surface area contributed by atoms with E-state index in [1.54, 1.807) is 12.1 Å². The number of allylic oxidation sites excluding steroid dienone is 1. The Bertz CT molecular complexity index is 877. The molecule has 0 N–H and O–H groups in total. The summed E-state index contributed by atoms with van der Waals surface area (Å²) in [6.07, 6.45) is 5.43. The van der Waals surface area contributed by atoms with Gasteiger partial charge in [-0.25, -0.2) is 8.78 Å². The van der Waals surface area contributed by atoms with Crippen molar-refractivity contribution in [2.24, 2.45) is 0 Å². The molecule has 1 aliphatic heterocycles. The van der Waals surface area contributed by atoms with Gasteiger partial charge < -0.3 is 14.2 Å². The fraction of sp³-hybridized carbons (Fsp3) is 0.440. The van der Waals surface area contributed by atoms with Gasteiger partial charge in [0.25, 0.3) is 0 Å². The predicted octanol–water partition coefficient (Wildman–Crippen LogP) is 6.76. The van der Waals surface area contributed by atoms with E-state index in [0.29, 0.717) is 31.6 Å². The average Bonchev–Trinajstić information content (AvgIpc) is 2.79. The Morgan fingerprint density at radius 1 is 1.06 bits per heavy atom. The Labute approximate surface area is 181 Å². The van der Waals surface area contributed by atoms with Crippen LogP contribution in [0.4, 0.5) is 13.2 Å². The van der Waals surface area contributed by atoms with E-state index in [1.165, 1.54) is 24.3 Å². The highest BCUT2D eigenvalue weighted by Crippen LogP contribution is 2.35. The third kappa shape index (κ3) is 5.89. The monoisotopic (exact) mass is 434 g/mol. The molecule has 0 bridgehead atoms. The summed E-state index contributed by atoms with van der Waals surface area (Å²) in [6.45, 7) is 7.06. The van der Waals surface area contributed by atoms with E-state index >= 15 is 0 Å². The molecule has 0 saturated carbocycles. The second kappa shape index (κ2) is 11.3. The van der Waals surface area contributed by atoms with E-state index in [1.807, 2.05) is 0 Å². The van der Waals surface area contributed by atoms with Crippen molar-refractivity contribution in [1.29, 1.82) is 0 Å². The molecule has 0 radical (unpaired) electrons. The number of benzene rings is 2. The van der Waals surface area contributed by atoms with Crippen LogP contribution in [0.25, 0.3) is 11.1 Å². The SMILES string of the molecule is C=CCCCOc1ccc(-c2ccc(C3CCC(OCCC)CO3)cc2F)c(F)c1F. The fourth-order valence-electron chi connectivity index (χ4n) is 3.62. The molecule has 1 saturated heterocycles. The van der Waals surface area contributed by atoms with Gasteiger partial charge in [0.05, 0.1) is 25.4 Å². The van der Waals surface area contributed by atoms with Crippen molar-refractivity contribution in [2.75, 3.05) is 19.8 Å². The maximum atomic E-state index is 14.8. The minimum atomic E-state index is -1.13. The average molecular weight is 434 g/mol. The van der Waals surface area contributed by atoms with Gasteiger partial charge in [0.1, 0.15) is 5.82 Å². The van der Waals surface area contributed by atoms with Crippen molar-refractivity contribution >= 4 is 0 Å². The number of ether oxygens (including phenoxy) is 3. The minimum absolute atomic E-state index is 0.00155. The van der Waals surface area contributed by atoms with Gasteiger partial charge in [-0.05, 0) is 55.9 Å². The van der Waals surface area contributed by atoms with Gasteiger partial charge in [0.15, 0.2) is 11.6 Å². The molecule has 3 nitrogen and oxygen atoms in total. The molecule has 1 heterocycles. The topological polar surface area (TPSA) is 27.7 Å². The van der Waals surface area contributed by atoms with E-state index in [4.69, 9.17) is 14.2 Å². The van der Waals surface area contributed by atoms with Gasteiger partial charge in [-0.15, -0.1) is 6.58 Å². The summed E-state index contributed by atoms with van der Waals surface area (Å²) in [5.41, 5.74) is 0.536. The van der Waals surface area contributed by atoms with Gasteiger partial charge in [-0.1, -0.05) is 25.1 Å². The Balaban J connectivity index is 1.70. The maximum absolute atomic E-state index is 14.8. The van der Waals surface area contributed by atoms with Crippen molar-refractivity contribution in [1.82, 2.24) is 0 Å². The first-order chi connectivity index (χ1) is 15.0. The highest BCUT2D eigenvalue weighted by atomic mass is 19.2. The lowest BCUT2D eigenvalue weighted by Gasteiger charge is -2.29. The Morgan fingerprint density at radius 3 is 2.55 bits per heavy atom. The Morgan fingerprint density at radius 2 is 1.87 bits per heavy atom. The molecule has 3 rings (SSSR count). The van der Waals surface area contributed by atoms with Crippen molar-refractivity contribution in [3.63, 3.8) is 0 Å². The van der Waals surface area contributed by atoms with Crippen molar-refractivity contribution in [3.8, 4) is 16.9 Å². The molecule has 1 fully saturated rings. The molecule has 2 unspecified atom stereocenters. The van der Waals surface area contributed by atoms with Crippen LogP contribution in [-0.2, 0) is 9.47 Å². The summed E-state index contributed by atoms with van der Waals surface area (Å²) in [4.78, 5) is 0. The molecule has 168 valence electrons. The highest BCUT2D eigenvalue weighted by molar-refractivity contribution is 5.66. The zero-order chi connectivity index (χ0) is 22.2.